The first-order valence-corrected chi connectivity index (χ1v) is 6.94. The van der Waals surface area contributed by atoms with Gasteiger partial charge in [0.15, 0.2) is 0 Å². The van der Waals surface area contributed by atoms with Gasteiger partial charge in [-0.1, -0.05) is 67.5 Å². The standard InChI is InChI=1S/C13H25Br/c1-3-4-5-6-7-8-9-10-11-12-13(2)14/h3,13H,1,4-12H2,2H3. The predicted octanol–water partition coefficient (Wildman–Crippen LogP) is 5.47. The average molecular weight is 261 g/mol. The lowest BCUT2D eigenvalue weighted by atomic mass is 10.1. The average Bonchev–Trinajstić information content (AvgIpc) is 2.15. The van der Waals surface area contributed by atoms with Gasteiger partial charge in [-0.3, -0.25) is 0 Å². The van der Waals surface area contributed by atoms with Crippen molar-refractivity contribution in [1.82, 2.24) is 0 Å². The second-order valence-electron chi connectivity index (χ2n) is 4.12. The SMILES string of the molecule is C=CCCCCCCCCCC(C)Br. The lowest BCUT2D eigenvalue weighted by Crippen LogP contribution is -1.89. The zero-order chi connectivity index (χ0) is 10.6. The van der Waals surface area contributed by atoms with Gasteiger partial charge in [-0.2, -0.15) is 0 Å². The first-order valence-electron chi connectivity index (χ1n) is 6.02. The molecule has 0 saturated carbocycles. The molecular formula is C13H25Br. The molecule has 0 spiro atoms. The maximum absolute atomic E-state index is 3.73. The van der Waals surface area contributed by atoms with Crippen LogP contribution in [0.3, 0.4) is 0 Å². The molecular weight excluding hydrogens is 236 g/mol. The Bertz CT molecular complexity index is 118. The topological polar surface area (TPSA) is 0 Å². The summed E-state index contributed by atoms with van der Waals surface area (Å²) in [5.74, 6) is 0. The summed E-state index contributed by atoms with van der Waals surface area (Å²) < 4.78 is 0. The first-order chi connectivity index (χ1) is 6.77. The Labute approximate surface area is 98.3 Å². The molecule has 0 aliphatic heterocycles. The Morgan fingerprint density at radius 1 is 1.00 bits per heavy atom. The van der Waals surface area contributed by atoms with Gasteiger partial charge >= 0.3 is 0 Å². The highest BCUT2D eigenvalue weighted by Gasteiger charge is 1.95. The van der Waals surface area contributed by atoms with Crippen LogP contribution in [0.4, 0.5) is 0 Å². The molecule has 1 atom stereocenters. The molecule has 0 heterocycles. The number of rotatable bonds is 10. The Hall–Kier alpha value is 0.220. The van der Waals surface area contributed by atoms with Gasteiger partial charge in [-0.15, -0.1) is 6.58 Å². The molecule has 0 rings (SSSR count). The highest BCUT2D eigenvalue weighted by molar-refractivity contribution is 9.09. The summed E-state index contributed by atoms with van der Waals surface area (Å²) in [5.41, 5.74) is 0. The van der Waals surface area contributed by atoms with Crippen LogP contribution in [-0.4, -0.2) is 4.83 Å². The predicted molar refractivity (Wildman–Crippen MR) is 70.1 cm³/mol. The summed E-state index contributed by atoms with van der Waals surface area (Å²) in [6.45, 7) is 5.96. The van der Waals surface area contributed by atoms with Gasteiger partial charge in [-0.25, -0.2) is 0 Å². The Kier molecular flexibility index (Phi) is 11.5. The summed E-state index contributed by atoms with van der Waals surface area (Å²) in [7, 11) is 0. The highest BCUT2D eigenvalue weighted by Crippen LogP contribution is 2.13. The van der Waals surface area contributed by atoms with E-state index in [2.05, 4.69) is 29.4 Å². The van der Waals surface area contributed by atoms with Gasteiger partial charge in [-0.05, 0) is 19.3 Å². The second kappa shape index (κ2) is 11.3. The number of halogens is 1. The van der Waals surface area contributed by atoms with E-state index >= 15 is 0 Å². The van der Waals surface area contributed by atoms with E-state index in [0.717, 1.165) is 0 Å². The zero-order valence-corrected chi connectivity index (χ0v) is 11.2. The van der Waals surface area contributed by atoms with E-state index < -0.39 is 0 Å². The van der Waals surface area contributed by atoms with E-state index in [1.165, 1.54) is 57.8 Å². The Balaban J connectivity index is 2.88. The van der Waals surface area contributed by atoms with E-state index in [1.807, 2.05) is 6.08 Å². The van der Waals surface area contributed by atoms with Crippen LogP contribution >= 0.6 is 15.9 Å². The normalized spacial score (nSPS) is 12.7. The van der Waals surface area contributed by atoms with Gasteiger partial charge in [0.1, 0.15) is 0 Å². The van der Waals surface area contributed by atoms with Crippen molar-refractivity contribution in [3.05, 3.63) is 12.7 Å². The van der Waals surface area contributed by atoms with Crippen LogP contribution in [0.1, 0.15) is 64.7 Å². The van der Waals surface area contributed by atoms with Crippen molar-refractivity contribution in [2.75, 3.05) is 0 Å². The van der Waals surface area contributed by atoms with Gasteiger partial charge in [0.2, 0.25) is 0 Å². The largest absolute Gasteiger partial charge is 0.103 e. The lowest BCUT2D eigenvalue weighted by Gasteiger charge is -2.03. The molecule has 0 fully saturated rings. The van der Waals surface area contributed by atoms with E-state index in [4.69, 9.17) is 0 Å². The molecule has 84 valence electrons. The minimum Gasteiger partial charge on any atom is -0.103 e. The van der Waals surface area contributed by atoms with Crippen LogP contribution in [0.5, 0.6) is 0 Å². The third kappa shape index (κ3) is 12.2. The molecule has 0 aromatic heterocycles. The fourth-order valence-corrected chi connectivity index (χ4v) is 1.92. The van der Waals surface area contributed by atoms with Crippen LogP contribution in [0.25, 0.3) is 0 Å². The number of unbranched alkanes of at least 4 members (excludes halogenated alkanes) is 7. The Morgan fingerprint density at radius 2 is 1.50 bits per heavy atom. The summed E-state index contributed by atoms with van der Waals surface area (Å²) in [6, 6.07) is 0. The van der Waals surface area contributed by atoms with Crippen molar-refractivity contribution in [3.63, 3.8) is 0 Å². The van der Waals surface area contributed by atoms with Crippen molar-refractivity contribution in [1.29, 1.82) is 0 Å². The van der Waals surface area contributed by atoms with Crippen molar-refractivity contribution >= 4 is 15.9 Å². The van der Waals surface area contributed by atoms with E-state index in [9.17, 15) is 0 Å². The highest BCUT2D eigenvalue weighted by atomic mass is 79.9. The van der Waals surface area contributed by atoms with Crippen molar-refractivity contribution in [2.45, 2.75) is 69.5 Å². The van der Waals surface area contributed by atoms with Crippen molar-refractivity contribution < 1.29 is 0 Å². The van der Waals surface area contributed by atoms with E-state index in [-0.39, 0.29) is 0 Å². The van der Waals surface area contributed by atoms with Gasteiger partial charge in [0, 0.05) is 4.83 Å². The molecule has 0 amide bonds. The number of allylic oxidation sites excluding steroid dienone is 1. The smallest absolute Gasteiger partial charge is 0.0117 e. The summed E-state index contributed by atoms with van der Waals surface area (Å²) in [5, 5.41) is 0. The summed E-state index contributed by atoms with van der Waals surface area (Å²) >= 11 is 3.58. The molecule has 0 N–H and O–H groups in total. The number of hydrogen-bond donors (Lipinski definition) is 0. The monoisotopic (exact) mass is 260 g/mol. The van der Waals surface area contributed by atoms with Crippen LogP contribution in [0.2, 0.25) is 0 Å². The lowest BCUT2D eigenvalue weighted by molar-refractivity contribution is 0.570. The number of alkyl halides is 1. The summed E-state index contributed by atoms with van der Waals surface area (Å²) in [6.07, 6.45) is 14.3. The fraction of sp³-hybridized carbons (Fsp3) is 0.846. The Morgan fingerprint density at radius 3 is 2.00 bits per heavy atom. The molecule has 0 nitrogen and oxygen atoms in total. The summed E-state index contributed by atoms with van der Waals surface area (Å²) in [4.78, 5) is 0.704. The van der Waals surface area contributed by atoms with Gasteiger partial charge < -0.3 is 0 Å². The van der Waals surface area contributed by atoms with Crippen molar-refractivity contribution in [3.8, 4) is 0 Å². The molecule has 0 bridgehead atoms. The molecule has 1 unspecified atom stereocenters. The molecule has 0 radical (unpaired) electrons. The van der Waals surface area contributed by atoms with Crippen LogP contribution in [0.15, 0.2) is 12.7 Å². The zero-order valence-electron chi connectivity index (χ0n) is 9.60. The molecule has 0 saturated heterocycles. The number of hydrogen-bond acceptors (Lipinski definition) is 0. The minimum atomic E-state index is 0.704. The molecule has 0 aliphatic carbocycles. The van der Waals surface area contributed by atoms with Crippen LogP contribution in [0, 0.1) is 0 Å². The quantitative estimate of drug-likeness (QED) is 0.278. The van der Waals surface area contributed by atoms with Crippen LogP contribution < -0.4 is 0 Å². The van der Waals surface area contributed by atoms with E-state index in [0.29, 0.717) is 4.83 Å². The molecule has 0 aliphatic rings. The fourth-order valence-electron chi connectivity index (χ4n) is 1.60. The van der Waals surface area contributed by atoms with Gasteiger partial charge in [0.05, 0.1) is 0 Å². The molecule has 0 aromatic rings. The minimum absolute atomic E-state index is 0.704. The first kappa shape index (κ1) is 14.2. The van der Waals surface area contributed by atoms with Gasteiger partial charge in [0.25, 0.3) is 0 Å². The maximum Gasteiger partial charge on any atom is 0.0117 e. The van der Waals surface area contributed by atoms with E-state index in [1.54, 1.807) is 0 Å². The molecule has 1 heteroatoms. The third-order valence-electron chi connectivity index (χ3n) is 2.51. The maximum atomic E-state index is 3.73. The van der Waals surface area contributed by atoms with Crippen molar-refractivity contribution in [2.24, 2.45) is 0 Å². The molecule has 0 aromatic carbocycles. The third-order valence-corrected chi connectivity index (χ3v) is 2.97. The molecule has 14 heavy (non-hydrogen) atoms. The second-order valence-corrected chi connectivity index (χ2v) is 5.68. The van der Waals surface area contributed by atoms with Crippen LogP contribution in [-0.2, 0) is 0 Å².